The van der Waals surface area contributed by atoms with Crippen LogP contribution in [-0.4, -0.2) is 244 Å². The molecule has 0 amide bonds. The Kier molecular flexibility index (Phi) is 35.6. The third-order valence-corrected chi connectivity index (χ3v) is 38.3. The lowest BCUT2D eigenvalue weighted by Crippen LogP contribution is -2.68. The highest BCUT2D eigenvalue weighted by Crippen LogP contribution is 2.81. The molecule has 0 bridgehead atoms. The van der Waals surface area contributed by atoms with Crippen LogP contribution in [-0.2, 0) is 171 Å². The van der Waals surface area contributed by atoms with Crippen molar-refractivity contribution in [3.63, 3.8) is 0 Å². The number of esters is 14. The first kappa shape index (κ1) is 116. The molecule has 0 aromatic carbocycles. The summed E-state index contributed by atoms with van der Waals surface area (Å²) in [6.45, 7) is 49.8. The summed E-state index contributed by atoms with van der Waals surface area (Å²) < 4.78 is 139. The zero-order chi connectivity index (χ0) is 111. The zero-order valence-corrected chi connectivity index (χ0v) is 91.3. The molecule has 10 aliphatic carbocycles. The highest BCUT2D eigenvalue weighted by atomic mass is 16.8. The van der Waals surface area contributed by atoms with Crippen molar-refractivity contribution < 1.29 is 179 Å². The number of carbonyl (C=O) groups excluding carboxylic acids is 14. The van der Waals surface area contributed by atoms with Gasteiger partial charge in [0.25, 0.3) is 0 Å². The van der Waals surface area contributed by atoms with E-state index in [1.54, 1.807) is 13.8 Å². The number of carboxylic acid groups (broad SMARTS) is 1. The minimum absolute atomic E-state index is 0.000793. The number of carbonyl (C=O) groups is 15. The highest BCUT2D eigenvalue weighted by molar-refractivity contribution is 5.89. The van der Waals surface area contributed by atoms with Gasteiger partial charge in [-0.05, 0) is 248 Å². The molecule has 828 valence electrons. The molecule has 1 N–H and O–H groups in total. The fourth-order valence-corrected chi connectivity index (χ4v) is 32.3. The van der Waals surface area contributed by atoms with Gasteiger partial charge < -0.3 is 105 Å². The first-order valence-electron chi connectivity index (χ1n) is 54.1. The first-order chi connectivity index (χ1) is 69.6. The number of allylic oxidation sites excluding steroid dienone is 2. The molecule has 14 fully saturated rings. The lowest BCUT2D eigenvalue weighted by molar-refractivity contribution is -0.367. The summed E-state index contributed by atoms with van der Waals surface area (Å²) in [4.78, 5) is 191. The third kappa shape index (κ3) is 22.4. The number of rotatable bonds is 26. The molecule has 4 heterocycles. The number of fused-ring (bicyclic) bond motifs is 14. The monoisotopic (exact) mass is 2080 g/mol. The van der Waals surface area contributed by atoms with Gasteiger partial charge in [-0.25, -0.2) is 0 Å². The Bertz CT molecular complexity index is 4950. The van der Waals surface area contributed by atoms with E-state index in [9.17, 15) is 77.0 Å². The van der Waals surface area contributed by atoms with E-state index in [-0.39, 0.29) is 118 Å². The number of aliphatic carboxylic acids is 1. The zero-order valence-electron chi connectivity index (χ0n) is 93.3. The van der Waals surface area contributed by atoms with Crippen molar-refractivity contribution in [1.29, 1.82) is 0 Å². The molecule has 0 aromatic heterocycles. The Hall–Kier alpha value is -8.59. The quantitative estimate of drug-likeness (QED) is 0.0276. The van der Waals surface area contributed by atoms with E-state index in [0.29, 0.717) is 44.9 Å². The van der Waals surface area contributed by atoms with Crippen LogP contribution in [0.1, 0.15) is 319 Å². The number of hydrogen-bond donors (Lipinski definition) is 1. The van der Waals surface area contributed by atoms with Crippen molar-refractivity contribution in [2.45, 2.75) is 439 Å². The topological polar surface area (TPSA) is 470 Å². The molecular formula is C110H166O37. The summed E-state index contributed by atoms with van der Waals surface area (Å²) in [6.07, 6.45) is -10.7. The van der Waals surface area contributed by atoms with Crippen LogP contribution in [0.4, 0.5) is 0 Å². The average Bonchev–Trinajstić information content (AvgIpc) is 1.67. The Morgan fingerprint density at radius 1 is 0.320 bits per heavy atom. The van der Waals surface area contributed by atoms with Crippen LogP contribution < -0.4 is 0 Å². The summed E-state index contributed by atoms with van der Waals surface area (Å²) in [5, 5.41) is 10.9. The van der Waals surface area contributed by atoms with Gasteiger partial charge in [0.1, 0.15) is 0 Å². The summed E-state index contributed by atoms with van der Waals surface area (Å²) in [5.41, 5.74) is -2.22. The maximum absolute atomic E-state index is 14.1. The van der Waals surface area contributed by atoms with Crippen molar-refractivity contribution in [3.8, 4) is 0 Å². The molecule has 10 saturated carbocycles. The van der Waals surface area contributed by atoms with Gasteiger partial charge in [0.05, 0.1) is 61.7 Å². The van der Waals surface area contributed by atoms with E-state index in [0.717, 1.165) is 129 Å². The minimum Gasteiger partial charge on any atom is -0.481 e. The molecule has 0 spiro atoms. The molecule has 0 aromatic rings. The van der Waals surface area contributed by atoms with Crippen molar-refractivity contribution in [2.24, 2.45) is 113 Å². The van der Waals surface area contributed by atoms with Crippen molar-refractivity contribution >= 4 is 89.5 Å². The summed E-state index contributed by atoms with van der Waals surface area (Å²) in [5.74, 6) is -9.06. The standard InChI is InChI=1S/C55H80O19.C53H78O18.2CH4/c1-27(2)36-17-22-55(50(63)72-35(10)62)24-23-53(13)37(42(36)55)15-16-40-51(11)20-19-41(52(12,26-65-29(4)56)39(51)18-21-54(40,53)14)73-48-46(44(69-32(7)59)38(25-64-48)67-30(5)57)74-49-47(71-34(9)61)45(70-33(8)60)43(28(3)66-49)68-31(6)58;1-26(2)34-16-21-53(48(60)61)23-22-51(12)35(40(34)53)14-15-38-49(10)19-18-39(50(11,25-63-28(4)54)37(49)17-20-52(38,51)13)70-46-44(42(67-31(7)57)36(24-62-46)65-29(5)55)71-47-45(69-33(9)59)43(68-32(8)58)41(27(3)64-47)66-30(6)56;;/h28,36-49H,1,15-26H2,2-14H3;27,34-47H,1,14-25H2,2-13H3,(H,60,61);2*1H4/t28-,36-,37?,38-,39?,40?,41-,42?,43-,44-,45+,46+,47+,48-,49-,51-,52-,53+,54+,55-;27-,34-,35?,36-,37?,38?,39-,40?,41-,42-,43+,44+,45+,46-,47-,49-,50-,51+,52+,53-;;/m00../s1/i;;2*1D. The SMILES string of the molecule is C=C(C)[C@@H]1CC[C@]2(C(=O)O)CC[C@]3(C)C(CCC4[C@@]5(C)CC[C@H](O[C@@H]6OC[C@H](OC(C)=O)[C@H](OC(C)=O)[C@H]6O[C@@H]6O[C@@H](C)[C@H](OC(C)=O)[C@@H](OC(C)=O)[C@H]6OC(C)=O)[C@@](C)(COC(C)=O)C5CC[C@]43C)C12.C=C(C)[C@@H]1CC[C@]2(C(=O)OC(C)=O)CC[C@]3(C)C(CCC4[C@@]5(C)CC[C@H](O[C@@H]6OC[C@H](OC(C)=O)[C@H](OC(C)=O)[C@H]6O[C@@H]6O[C@@H](C)[C@H](OC(C)=O)[C@@H](OC(C)=O)[C@H]6OC(C)=O)[C@@](C)(COC(C)=O)C5CC[C@]43C)C12.[2H]C.[2H]C. The molecule has 14 aliphatic rings. The fraction of sp³-hybridized carbons (Fsp3) is 0.827. The highest BCUT2D eigenvalue weighted by Gasteiger charge is 2.77. The summed E-state index contributed by atoms with van der Waals surface area (Å²) >= 11 is 0. The van der Waals surface area contributed by atoms with Gasteiger partial charge in [-0.3, -0.25) is 71.9 Å². The van der Waals surface area contributed by atoms with E-state index < -0.39 is 234 Å². The van der Waals surface area contributed by atoms with Crippen molar-refractivity contribution in [2.75, 3.05) is 26.4 Å². The molecule has 8 unspecified atom stereocenters. The van der Waals surface area contributed by atoms with Crippen LogP contribution in [0.5, 0.6) is 0 Å². The van der Waals surface area contributed by atoms with Gasteiger partial charge in [-0.2, -0.15) is 0 Å². The smallest absolute Gasteiger partial charge is 0.320 e. The van der Waals surface area contributed by atoms with Crippen LogP contribution >= 0.6 is 0 Å². The van der Waals surface area contributed by atoms with Gasteiger partial charge >= 0.3 is 89.5 Å². The van der Waals surface area contributed by atoms with Gasteiger partial charge in [0, 0.05) is 104 Å². The van der Waals surface area contributed by atoms with E-state index in [4.69, 9.17) is 102 Å². The van der Waals surface area contributed by atoms with Crippen LogP contribution in [0.15, 0.2) is 24.3 Å². The van der Waals surface area contributed by atoms with Crippen molar-refractivity contribution in [1.82, 2.24) is 0 Å². The maximum atomic E-state index is 14.1. The second kappa shape index (κ2) is 45.4. The largest absolute Gasteiger partial charge is 0.481 e. The van der Waals surface area contributed by atoms with Gasteiger partial charge in [-0.1, -0.05) is 94.5 Å². The van der Waals surface area contributed by atoms with Crippen LogP contribution in [0.25, 0.3) is 0 Å². The lowest BCUT2D eigenvalue weighted by atomic mass is 9.32. The van der Waals surface area contributed by atoms with Crippen LogP contribution in [0.3, 0.4) is 0 Å². The molecule has 37 heteroatoms. The second-order valence-electron chi connectivity index (χ2n) is 46.7. The minimum atomic E-state index is -1.60. The van der Waals surface area contributed by atoms with Gasteiger partial charge in [0.2, 0.25) is 0 Å². The fourth-order valence-electron chi connectivity index (χ4n) is 32.3. The lowest BCUT2D eigenvalue weighted by Gasteiger charge is -2.73. The Labute approximate surface area is 867 Å². The number of carboxylic acids is 1. The van der Waals surface area contributed by atoms with E-state index in [2.05, 4.69) is 82.4 Å². The molecule has 4 saturated heterocycles. The molecule has 37 nitrogen and oxygen atoms in total. The molecule has 14 rings (SSSR count). The predicted molar refractivity (Wildman–Crippen MR) is 521 cm³/mol. The Morgan fingerprint density at radius 2 is 0.639 bits per heavy atom. The Morgan fingerprint density at radius 3 is 0.966 bits per heavy atom. The normalized spacial score (nSPS) is 43.5. The van der Waals surface area contributed by atoms with E-state index >= 15 is 0 Å². The number of hydrogen-bond acceptors (Lipinski definition) is 36. The number of ether oxygens (including phenoxy) is 21. The van der Waals surface area contributed by atoms with Crippen LogP contribution in [0.2, 0.25) is 0 Å². The van der Waals surface area contributed by atoms with E-state index in [1.807, 2.05) is 0 Å². The summed E-state index contributed by atoms with van der Waals surface area (Å²) in [6, 6.07) is 0. The first-order valence-corrected chi connectivity index (χ1v) is 52.1. The maximum Gasteiger partial charge on any atom is 0.320 e. The second-order valence-corrected chi connectivity index (χ2v) is 46.7. The van der Waals surface area contributed by atoms with Gasteiger partial charge in [-0.15, -0.1) is 0 Å². The third-order valence-electron chi connectivity index (χ3n) is 38.3. The van der Waals surface area contributed by atoms with E-state index in [1.165, 1.54) is 70.2 Å². The van der Waals surface area contributed by atoms with Crippen molar-refractivity contribution in [3.05, 3.63) is 24.3 Å². The molecular weight excluding hydrogens is 1910 g/mol. The molecule has 147 heavy (non-hydrogen) atoms. The Balaban J connectivity index is 0.000000274. The molecule has 4 aliphatic heterocycles. The molecule has 40 atom stereocenters. The van der Waals surface area contributed by atoms with Gasteiger partial charge in [0.15, 0.2) is 98.4 Å². The van der Waals surface area contributed by atoms with Crippen LogP contribution in [0, 0.1) is 113 Å². The molecule has 0 radical (unpaired) electrons. The average molecular weight is 2080 g/mol. The predicted octanol–water partition coefficient (Wildman–Crippen LogP) is 14.9. The summed E-state index contributed by atoms with van der Waals surface area (Å²) in [7, 11) is 2.50.